The van der Waals surface area contributed by atoms with E-state index in [4.69, 9.17) is 10.5 Å². The number of nitrogens with two attached hydrogens (primary N) is 1. The minimum absolute atomic E-state index is 0.0308. The van der Waals surface area contributed by atoms with Gasteiger partial charge in [0.15, 0.2) is 0 Å². The fourth-order valence-corrected chi connectivity index (χ4v) is 2.06. The Hall–Kier alpha value is -1.95. The third-order valence-electron chi connectivity index (χ3n) is 2.23. The number of aryl methyl sites for hydroxylation is 1. The van der Waals surface area contributed by atoms with Crippen molar-refractivity contribution in [1.82, 2.24) is 4.98 Å². The van der Waals surface area contributed by atoms with Gasteiger partial charge in [-0.3, -0.25) is 0 Å². The zero-order chi connectivity index (χ0) is 13.1. The molecular weight excluding hydrogens is 255 g/mol. The summed E-state index contributed by atoms with van der Waals surface area (Å²) in [6.45, 7) is 1.92. The standard InChI is InChI=1S/C12H11FN2O2S/c1-7-6-18-11(15-7)5-17-12(16)9-4-8(13)2-3-10(9)14/h2-4,6H,5,14H2,1H3. The van der Waals surface area contributed by atoms with Crippen LogP contribution in [0.25, 0.3) is 0 Å². The Balaban J connectivity index is 2.05. The summed E-state index contributed by atoms with van der Waals surface area (Å²) >= 11 is 1.40. The summed E-state index contributed by atoms with van der Waals surface area (Å²) in [4.78, 5) is 15.9. The van der Waals surface area contributed by atoms with Gasteiger partial charge in [-0.15, -0.1) is 11.3 Å². The topological polar surface area (TPSA) is 65.2 Å². The molecule has 0 radical (unpaired) electrons. The molecule has 0 aliphatic heterocycles. The number of benzene rings is 1. The van der Waals surface area contributed by atoms with E-state index < -0.39 is 11.8 Å². The largest absolute Gasteiger partial charge is 0.455 e. The van der Waals surface area contributed by atoms with Crippen LogP contribution in [0.5, 0.6) is 0 Å². The second-order valence-corrected chi connectivity index (χ2v) is 4.63. The Morgan fingerprint density at radius 3 is 3.00 bits per heavy atom. The Morgan fingerprint density at radius 2 is 2.33 bits per heavy atom. The second-order valence-electron chi connectivity index (χ2n) is 3.69. The first-order chi connectivity index (χ1) is 8.56. The van der Waals surface area contributed by atoms with Crippen LogP contribution in [-0.4, -0.2) is 11.0 Å². The lowest BCUT2D eigenvalue weighted by Crippen LogP contribution is -2.08. The molecule has 0 saturated heterocycles. The van der Waals surface area contributed by atoms with Crippen molar-refractivity contribution in [3.05, 3.63) is 45.7 Å². The third kappa shape index (κ3) is 2.84. The molecule has 2 aromatic rings. The normalized spacial score (nSPS) is 10.3. The van der Waals surface area contributed by atoms with Crippen molar-refractivity contribution in [2.45, 2.75) is 13.5 Å². The van der Waals surface area contributed by atoms with E-state index in [2.05, 4.69) is 4.98 Å². The average molecular weight is 266 g/mol. The van der Waals surface area contributed by atoms with Crippen LogP contribution in [0.1, 0.15) is 21.1 Å². The summed E-state index contributed by atoms with van der Waals surface area (Å²) in [6, 6.07) is 3.58. The van der Waals surface area contributed by atoms with Crippen molar-refractivity contribution >= 4 is 23.0 Å². The average Bonchev–Trinajstić information content (AvgIpc) is 2.75. The Bertz CT molecular complexity index is 583. The molecule has 18 heavy (non-hydrogen) atoms. The van der Waals surface area contributed by atoms with Gasteiger partial charge in [0.25, 0.3) is 0 Å². The number of nitrogens with zero attached hydrogens (tertiary/aromatic N) is 1. The van der Waals surface area contributed by atoms with Crippen LogP contribution in [-0.2, 0) is 11.3 Å². The fourth-order valence-electron chi connectivity index (χ4n) is 1.38. The Morgan fingerprint density at radius 1 is 1.56 bits per heavy atom. The zero-order valence-corrected chi connectivity index (χ0v) is 10.5. The van der Waals surface area contributed by atoms with Gasteiger partial charge in [0, 0.05) is 16.8 Å². The highest BCUT2D eigenvalue weighted by Crippen LogP contribution is 2.16. The number of hydrogen-bond acceptors (Lipinski definition) is 5. The molecule has 1 aromatic heterocycles. The lowest BCUT2D eigenvalue weighted by molar-refractivity contribution is 0.0473. The number of hydrogen-bond donors (Lipinski definition) is 1. The molecule has 0 bridgehead atoms. The molecule has 0 unspecified atom stereocenters. The van der Waals surface area contributed by atoms with E-state index in [1.165, 1.54) is 23.5 Å². The van der Waals surface area contributed by atoms with Crippen LogP contribution < -0.4 is 5.73 Å². The van der Waals surface area contributed by atoms with Gasteiger partial charge in [0.1, 0.15) is 17.4 Å². The number of esters is 1. The number of rotatable bonds is 3. The SMILES string of the molecule is Cc1csc(COC(=O)c2cc(F)ccc2N)n1. The van der Waals surface area contributed by atoms with E-state index in [9.17, 15) is 9.18 Å². The first-order valence-electron chi connectivity index (χ1n) is 5.19. The maximum absolute atomic E-state index is 13.0. The van der Waals surface area contributed by atoms with E-state index in [-0.39, 0.29) is 17.9 Å². The van der Waals surface area contributed by atoms with Crippen molar-refractivity contribution in [1.29, 1.82) is 0 Å². The number of anilines is 1. The molecule has 0 atom stereocenters. The van der Waals surface area contributed by atoms with Gasteiger partial charge in [-0.05, 0) is 25.1 Å². The van der Waals surface area contributed by atoms with Crippen molar-refractivity contribution < 1.29 is 13.9 Å². The van der Waals surface area contributed by atoms with Crippen molar-refractivity contribution in [3.63, 3.8) is 0 Å². The van der Waals surface area contributed by atoms with Gasteiger partial charge in [0.2, 0.25) is 0 Å². The minimum Gasteiger partial charge on any atom is -0.455 e. The van der Waals surface area contributed by atoms with Gasteiger partial charge in [-0.25, -0.2) is 14.2 Å². The number of ether oxygens (including phenoxy) is 1. The number of aromatic nitrogens is 1. The van der Waals surface area contributed by atoms with Crippen LogP contribution in [0.3, 0.4) is 0 Å². The van der Waals surface area contributed by atoms with E-state index in [0.717, 1.165) is 11.8 Å². The molecular formula is C12H11FN2O2S. The van der Waals surface area contributed by atoms with E-state index in [0.29, 0.717) is 5.01 Å². The molecule has 0 fully saturated rings. The predicted molar refractivity (Wildman–Crippen MR) is 66.8 cm³/mol. The molecule has 1 heterocycles. The lowest BCUT2D eigenvalue weighted by atomic mass is 10.2. The molecule has 0 aliphatic rings. The molecule has 0 aliphatic carbocycles. The van der Waals surface area contributed by atoms with Gasteiger partial charge >= 0.3 is 5.97 Å². The molecule has 6 heteroatoms. The number of halogens is 1. The second kappa shape index (κ2) is 5.14. The van der Waals surface area contributed by atoms with Crippen molar-refractivity contribution in [2.75, 3.05) is 5.73 Å². The quantitative estimate of drug-likeness (QED) is 0.685. The third-order valence-corrected chi connectivity index (χ3v) is 3.17. The smallest absolute Gasteiger partial charge is 0.340 e. The molecule has 0 amide bonds. The molecule has 2 N–H and O–H groups in total. The minimum atomic E-state index is -0.653. The first kappa shape index (κ1) is 12.5. The van der Waals surface area contributed by atoms with Crippen LogP contribution in [0.2, 0.25) is 0 Å². The summed E-state index contributed by atoms with van der Waals surface area (Å²) in [6.07, 6.45) is 0. The number of nitrogen functional groups attached to an aromatic ring is 1. The lowest BCUT2D eigenvalue weighted by Gasteiger charge is -2.05. The predicted octanol–water partition coefficient (Wildman–Crippen LogP) is 2.53. The van der Waals surface area contributed by atoms with Gasteiger partial charge < -0.3 is 10.5 Å². The van der Waals surface area contributed by atoms with Gasteiger partial charge in [-0.1, -0.05) is 0 Å². The number of carbonyl (C=O) groups is 1. The molecule has 0 spiro atoms. The number of carbonyl (C=O) groups excluding carboxylic acids is 1. The summed E-state index contributed by atoms with van der Waals surface area (Å²) in [7, 11) is 0. The molecule has 1 aromatic carbocycles. The van der Waals surface area contributed by atoms with Crippen LogP contribution >= 0.6 is 11.3 Å². The maximum Gasteiger partial charge on any atom is 0.340 e. The summed E-state index contributed by atoms with van der Waals surface area (Å²) in [5.74, 6) is -1.18. The van der Waals surface area contributed by atoms with Crippen LogP contribution in [0.15, 0.2) is 23.6 Å². The Kier molecular flexibility index (Phi) is 3.57. The highest BCUT2D eigenvalue weighted by Gasteiger charge is 2.13. The van der Waals surface area contributed by atoms with Crippen LogP contribution in [0, 0.1) is 12.7 Å². The highest BCUT2D eigenvalue weighted by molar-refractivity contribution is 7.09. The van der Waals surface area contributed by atoms with Gasteiger partial charge in [0.05, 0.1) is 5.56 Å². The van der Waals surface area contributed by atoms with E-state index in [1.807, 2.05) is 12.3 Å². The number of thiazole rings is 1. The monoisotopic (exact) mass is 266 g/mol. The van der Waals surface area contributed by atoms with Crippen LogP contribution in [0.4, 0.5) is 10.1 Å². The summed E-state index contributed by atoms with van der Waals surface area (Å²) < 4.78 is 18.0. The molecule has 2 rings (SSSR count). The maximum atomic E-state index is 13.0. The highest BCUT2D eigenvalue weighted by atomic mass is 32.1. The molecule has 4 nitrogen and oxygen atoms in total. The van der Waals surface area contributed by atoms with E-state index in [1.54, 1.807) is 0 Å². The van der Waals surface area contributed by atoms with Gasteiger partial charge in [-0.2, -0.15) is 0 Å². The van der Waals surface area contributed by atoms with Crippen molar-refractivity contribution in [3.8, 4) is 0 Å². The molecule has 94 valence electrons. The first-order valence-corrected chi connectivity index (χ1v) is 6.07. The van der Waals surface area contributed by atoms with E-state index >= 15 is 0 Å². The zero-order valence-electron chi connectivity index (χ0n) is 9.64. The summed E-state index contributed by atoms with van der Waals surface area (Å²) in [5.41, 5.74) is 6.68. The Labute approximate surface area is 107 Å². The summed E-state index contributed by atoms with van der Waals surface area (Å²) in [5, 5.41) is 2.55. The fraction of sp³-hybridized carbons (Fsp3) is 0.167. The molecule has 0 saturated carbocycles. The van der Waals surface area contributed by atoms with Crippen molar-refractivity contribution in [2.24, 2.45) is 0 Å².